The van der Waals surface area contributed by atoms with Crippen LogP contribution in [0.25, 0.3) is 17.3 Å². The van der Waals surface area contributed by atoms with Gasteiger partial charge in [-0.3, -0.25) is 4.98 Å². The fourth-order valence-electron chi connectivity index (χ4n) is 1.88. The molecule has 0 bridgehead atoms. The fourth-order valence-corrected chi connectivity index (χ4v) is 1.88. The molecule has 3 aromatic rings. The number of aromatic carboxylic acids is 1. The van der Waals surface area contributed by atoms with E-state index in [1.165, 1.54) is 10.7 Å². The van der Waals surface area contributed by atoms with Gasteiger partial charge in [0, 0.05) is 30.4 Å². The summed E-state index contributed by atoms with van der Waals surface area (Å²) in [6.07, 6.45) is 6.96. The molecule has 0 aliphatic rings. The second kappa shape index (κ2) is 5.68. The maximum absolute atomic E-state index is 10.9. The number of aryl methyl sites for hydroxylation is 1. The van der Waals surface area contributed by atoms with Crippen LogP contribution in [-0.4, -0.2) is 40.8 Å². The molecule has 0 amide bonds. The molecule has 1 N–H and O–H groups in total. The lowest BCUT2D eigenvalue weighted by molar-refractivity contribution is 0.0690. The lowest BCUT2D eigenvalue weighted by atomic mass is 10.3. The van der Waals surface area contributed by atoms with Crippen LogP contribution in [0.1, 0.15) is 23.1 Å². The Labute approximate surface area is 125 Å². The van der Waals surface area contributed by atoms with Crippen molar-refractivity contribution in [2.75, 3.05) is 0 Å². The van der Waals surface area contributed by atoms with Gasteiger partial charge in [0.2, 0.25) is 0 Å². The second-order valence-electron chi connectivity index (χ2n) is 4.44. The van der Waals surface area contributed by atoms with E-state index in [0.29, 0.717) is 23.8 Å². The molecule has 0 aliphatic carbocycles. The predicted molar refractivity (Wildman–Crippen MR) is 76.5 cm³/mol. The largest absolute Gasteiger partial charge is 0.476 e. The Morgan fingerprint density at radius 3 is 2.82 bits per heavy atom. The minimum Gasteiger partial charge on any atom is -0.476 e. The standard InChI is InChI=1S/C14H12N6O2/c1-2-9-7-12(20-6-3-10(19-20)14(21)22)18-13(17-9)11-8-15-4-5-16-11/h3-8H,2H2,1H3,(H,21,22). The number of carboxylic acid groups (broad SMARTS) is 1. The first-order chi connectivity index (χ1) is 10.7. The van der Waals surface area contributed by atoms with Gasteiger partial charge in [0.25, 0.3) is 0 Å². The minimum atomic E-state index is -1.09. The maximum Gasteiger partial charge on any atom is 0.356 e. The van der Waals surface area contributed by atoms with Crippen LogP contribution in [0.15, 0.2) is 36.9 Å². The van der Waals surface area contributed by atoms with Crippen LogP contribution < -0.4 is 0 Å². The first-order valence-corrected chi connectivity index (χ1v) is 6.61. The van der Waals surface area contributed by atoms with Gasteiger partial charge in [0.05, 0.1) is 6.20 Å². The second-order valence-corrected chi connectivity index (χ2v) is 4.44. The van der Waals surface area contributed by atoms with E-state index < -0.39 is 5.97 Å². The molecule has 0 fully saturated rings. The first kappa shape index (κ1) is 13.8. The van der Waals surface area contributed by atoms with Crippen LogP contribution in [0, 0.1) is 0 Å². The van der Waals surface area contributed by atoms with Gasteiger partial charge in [-0.1, -0.05) is 6.92 Å². The maximum atomic E-state index is 10.9. The summed E-state index contributed by atoms with van der Waals surface area (Å²) < 4.78 is 1.41. The van der Waals surface area contributed by atoms with Crippen molar-refractivity contribution in [3.8, 4) is 17.3 Å². The topological polar surface area (TPSA) is 107 Å². The highest BCUT2D eigenvalue weighted by atomic mass is 16.4. The molecule has 0 spiro atoms. The minimum absolute atomic E-state index is 0.0438. The van der Waals surface area contributed by atoms with E-state index in [9.17, 15) is 4.79 Å². The predicted octanol–water partition coefficient (Wildman–Crippen LogP) is 1.38. The summed E-state index contributed by atoms with van der Waals surface area (Å²) in [5, 5.41) is 12.9. The average Bonchev–Trinajstić information content (AvgIpc) is 3.05. The van der Waals surface area contributed by atoms with Gasteiger partial charge in [0.15, 0.2) is 17.3 Å². The zero-order valence-corrected chi connectivity index (χ0v) is 11.7. The Balaban J connectivity index is 2.09. The third kappa shape index (κ3) is 2.66. The Bertz CT molecular complexity index is 815. The van der Waals surface area contributed by atoms with Crippen molar-refractivity contribution in [2.45, 2.75) is 13.3 Å². The molecule has 8 heteroatoms. The van der Waals surface area contributed by atoms with Crippen LogP contribution >= 0.6 is 0 Å². The zero-order valence-electron chi connectivity index (χ0n) is 11.7. The molecule has 0 unspecified atom stereocenters. The number of rotatable bonds is 4. The lowest BCUT2D eigenvalue weighted by Gasteiger charge is -2.06. The molecular formula is C14H12N6O2. The van der Waals surface area contributed by atoms with Gasteiger partial charge in [-0.05, 0) is 12.5 Å². The molecule has 0 aromatic carbocycles. The molecule has 0 aliphatic heterocycles. The lowest BCUT2D eigenvalue weighted by Crippen LogP contribution is -2.06. The average molecular weight is 296 g/mol. The van der Waals surface area contributed by atoms with E-state index in [1.54, 1.807) is 30.9 Å². The van der Waals surface area contributed by atoms with Crippen LogP contribution in [0.4, 0.5) is 0 Å². The third-order valence-electron chi connectivity index (χ3n) is 2.96. The van der Waals surface area contributed by atoms with Crippen molar-refractivity contribution >= 4 is 5.97 Å². The number of aromatic nitrogens is 6. The van der Waals surface area contributed by atoms with Crippen molar-refractivity contribution in [1.82, 2.24) is 29.7 Å². The van der Waals surface area contributed by atoms with Crippen LogP contribution in [-0.2, 0) is 6.42 Å². The smallest absolute Gasteiger partial charge is 0.356 e. The van der Waals surface area contributed by atoms with Crippen molar-refractivity contribution in [3.63, 3.8) is 0 Å². The Kier molecular flexibility index (Phi) is 3.57. The van der Waals surface area contributed by atoms with Crippen LogP contribution in [0.5, 0.6) is 0 Å². The fraction of sp³-hybridized carbons (Fsp3) is 0.143. The highest BCUT2D eigenvalue weighted by Gasteiger charge is 2.12. The van der Waals surface area contributed by atoms with E-state index in [4.69, 9.17) is 5.11 Å². The summed E-state index contributed by atoms with van der Waals surface area (Å²) in [6.45, 7) is 1.97. The number of carbonyl (C=O) groups is 1. The molecule has 0 saturated carbocycles. The number of nitrogens with zero attached hydrogens (tertiary/aromatic N) is 6. The zero-order chi connectivity index (χ0) is 15.5. The molecule has 0 saturated heterocycles. The van der Waals surface area contributed by atoms with Crippen LogP contribution in [0.3, 0.4) is 0 Å². The van der Waals surface area contributed by atoms with E-state index >= 15 is 0 Å². The Hall–Kier alpha value is -3.16. The van der Waals surface area contributed by atoms with E-state index in [1.807, 2.05) is 6.92 Å². The number of carboxylic acids is 1. The Morgan fingerprint density at radius 1 is 1.32 bits per heavy atom. The molecule has 3 aromatic heterocycles. The number of hydrogen-bond acceptors (Lipinski definition) is 6. The van der Waals surface area contributed by atoms with Crippen molar-refractivity contribution < 1.29 is 9.90 Å². The molecule has 3 heterocycles. The van der Waals surface area contributed by atoms with Crippen LogP contribution in [0.2, 0.25) is 0 Å². The van der Waals surface area contributed by atoms with Crippen molar-refractivity contribution in [3.05, 3.63) is 48.3 Å². The third-order valence-corrected chi connectivity index (χ3v) is 2.96. The summed E-state index contributed by atoms with van der Waals surface area (Å²) in [5.41, 5.74) is 1.31. The molecule has 0 atom stereocenters. The van der Waals surface area contributed by atoms with Gasteiger partial charge in [-0.15, -0.1) is 0 Å². The van der Waals surface area contributed by atoms with Crippen molar-refractivity contribution in [2.24, 2.45) is 0 Å². The SMILES string of the molecule is CCc1cc(-n2ccc(C(=O)O)n2)nc(-c2cnccn2)n1. The molecule has 110 valence electrons. The highest BCUT2D eigenvalue weighted by molar-refractivity contribution is 5.85. The summed E-state index contributed by atoms with van der Waals surface area (Å²) in [7, 11) is 0. The van der Waals surface area contributed by atoms with Gasteiger partial charge in [0.1, 0.15) is 5.69 Å². The molecule has 0 radical (unpaired) electrons. The summed E-state index contributed by atoms with van der Waals surface area (Å²) in [5.74, 6) is -0.174. The van der Waals surface area contributed by atoms with Gasteiger partial charge in [-0.25, -0.2) is 24.4 Å². The van der Waals surface area contributed by atoms with E-state index in [0.717, 1.165) is 5.69 Å². The molecule has 3 rings (SSSR count). The monoisotopic (exact) mass is 296 g/mol. The highest BCUT2D eigenvalue weighted by Crippen LogP contribution is 2.15. The van der Waals surface area contributed by atoms with Gasteiger partial charge < -0.3 is 5.11 Å². The Morgan fingerprint density at radius 2 is 2.18 bits per heavy atom. The molecule has 22 heavy (non-hydrogen) atoms. The van der Waals surface area contributed by atoms with E-state index in [2.05, 4.69) is 25.0 Å². The van der Waals surface area contributed by atoms with Crippen molar-refractivity contribution in [1.29, 1.82) is 0 Å². The normalized spacial score (nSPS) is 10.6. The first-order valence-electron chi connectivity index (χ1n) is 6.61. The number of hydrogen-bond donors (Lipinski definition) is 1. The molecular weight excluding hydrogens is 284 g/mol. The summed E-state index contributed by atoms with van der Waals surface area (Å²) in [6, 6.07) is 3.18. The molecule has 8 nitrogen and oxygen atoms in total. The van der Waals surface area contributed by atoms with Gasteiger partial charge in [-0.2, -0.15) is 5.10 Å². The van der Waals surface area contributed by atoms with E-state index in [-0.39, 0.29) is 5.69 Å². The summed E-state index contributed by atoms with van der Waals surface area (Å²) in [4.78, 5) is 27.9. The quantitative estimate of drug-likeness (QED) is 0.775. The van der Waals surface area contributed by atoms with Gasteiger partial charge >= 0.3 is 5.97 Å². The summed E-state index contributed by atoms with van der Waals surface area (Å²) >= 11 is 0.